The molecule has 0 radical (unpaired) electrons. The SMILES string of the molecule is CCc1cc(B2OC(C)(C)C(C)(C)O2)cc2cnc(N[C@H]3CC[C@H](NC(=O)OC(C)(C)C)CC3)nc12. The standard InChI is InChI=1S/C27H41BN4O4/c1-9-17-14-19(28-35-26(5,6)27(7,8)36-28)15-18-16-29-23(32-22(17)18)30-20-10-12-21(13-11-20)31-24(33)34-25(2,3)4/h14-16,20-21H,9-13H2,1-8H3,(H,31,33)(H,29,30,32)/t20-,21-. The Morgan fingerprint density at radius 2 is 1.69 bits per heavy atom. The van der Waals surface area contributed by atoms with Gasteiger partial charge in [0.2, 0.25) is 5.95 Å². The number of carbonyl (C=O) groups excluding carboxylic acids is 1. The third-order valence-corrected chi connectivity index (χ3v) is 7.47. The second kappa shape index (κ2) is 9.82. The van der Waals surface area contributed by atoms with Crippen LogP contribution in [0.1, 0.15) is 86.6 Å². The van der Waals surface area contributed by atoms with E-state index in [4.69, 9.17) is 19.0 Å². The van der Waals surface area contributed by atoms with Gasteiger partial charge in [-0.2, -0.15) is 0 Å². The molecule has 4 rings (SSSR count). The van der Waals surface area contributed by atoms with E-state index >= 15 is 0 Å². The molecule has 0 spiro atoms. The number of hydrogen-bond donors (Lipinski definition) is 2. The highest BCUT2D eigenvalue weighted by atomic mass is 16.7. The molecular weight excluding hydrogens is 455 g/mol. The van der Waals surface area contributed by atoms with Crippen LogP contribution < -0.4 is 16.1 Å². The Labute approximate surface area is 215 Å². The third kappa shape index (κ3) is 5.94. The highest BCUT2D eigenvalue weighted by molar-refractivity contribution is 6.62. The summed E-state index contributed by atoms with van der Waals surface area (Å²) in [5.74, 6) is 0.643. The van der Waals surface area contributed by atoms with Gasteiger partial charge in [0.05, 0.1) is 16.7 Å². The van der Waals surface area contributed by atoms with Crippen molar-refractivity contribution in [1.29, 1.82) is 0 Å². The van der Waals surface area contributed by atoms with E-state index in [1.165, 1.54) is 0 Å². The van der Waals surface area contributed by atoms with Crippen LogP contribution in [0.15, 0.2) is 18.3 Å². The predicted octanol–water partition coefficient (Wildman–Crippen LogP) is 4.74. The largest absolute Gasteiger partial charge is 0.494 e. The minimum atomic E-state index is -0.487. The van der Waals surface area contributed by atoms with Crippen molar-refractivity contribution in [2.24, 2.45) is 0 Å². The number of nitrogens with zero attached hydrogens (tertiary/aromatic N) is 2. The average Bonchev–Trinajstić information content (AvgIpc) is 3.00. The zero-order valence-corrected chi connectivity index (χ0v) is 23.0. The Morgan fingerprint density at radius 3 is 2.28 bits per heavy atom. The molecule has 36 heavy (non-hydrogen) atoms. The van der Waals surface area contributed by atoms with Gasteiger partial charge >= 0.3 is 13.2 Å². The van der Waals surface area contributed by atoms with Gasteiger partial charge in [0, 0.05) is 23.7 Å². The minimum Gasteiger partial charge on any atom is -0.444 e. The molecule has 8 nitrogen and oxygen atoms in total. The molecule has 0 unspecified atom stereocenters. The summed E-state index contributed by atoms with van der Waals surface area (Å²) in [5.41, 5.74) is 1.84. The first-order chi connectivity index (χ1) is 16.8. The van der Waals surface area contributed by atoms with Crippen LogP contribution in [0.4, 0.5) is 10.7 Å². The van der Waals surface area contributed by atoms with E-state index in [1.807, 2.05) is 27.0 Å². The molecule has 1 aromatic heterocycles. The van der Waals surface area contributed by atoms with Crippen molar-refractivity contribution in [1.82, 2.24) is 15.3 Å². The zero-order chi connectivity index (χ0) is 26.3. The number of fused-ring (bicyclic) bond motifs is 1. The number of aryl methyl sites for hydroxylation is 1. The number of rotatable bonds is 5. The van der Waals surface area contributed by atoms with Gasteiger partial charge in [-0.3, -0.25) is 0 Å². The van der Waals surface area contributed by atoms with Gasteiger partial charge < -0.3 is 24.7 Å². The molecule has 2 heterocycles. The first-order valence-electron chi connectivity index (χ1n) is 13.2. The topological polar surface area (TPSA) is 94.6 Å². The van der Waals surface area contributed by atoms with Gasteiger partial charge in [-0.25, -0.2) is 14.8 Å². The van der Waals surface area contributed by atoms with E-state index in [9.17, 15) is 4.79 Å². The Hall–Kier alpha value is -2.39. The number of alkyl carbamates (subject to hydrolysis) is 1. The number of ether oxygens (including phenoxy) is 1. The molecule has 1 aliphatic heterocycles. The first kappa shape index (κ1) is 26.7. The van der Waals surface area contributed by atoms with Crippen molar-refractivity contribution in [2.75, 3.05) is 5.32 Å². The lowest BCUT2D eigenvalue weighted by molar-refractivity contribution is 0.00578. The summed E-state index contributed by atoms with van der Waals surface area (Å²) >= 11 is 0. The molecule has 2 N–H and O–H groups in total. The second-order valence-corrected chi connectivity index (χ2v) is 12.1. The number of anilines is 1. The predicted molar refractivity (Wildman–Crippen MR) is 144 cm³/mol. The minimum absolute atomic E-state index is 0.135. The van der Waals surface area contributed by atoms with Crippen molar-refractivity contribution in [2.45, 2.75) is 116 Å². The fourth-order valence-corrected chi connectivity index (χ4v) is 4.74. The van der Waals surface area contributed by atoms with E-state index in [0.29, 0.717) is 5.95 Å². The Morgan fingerprint density at radius 1 is 1.08 bits per heavy atom. The number of benzene rings is 1. The molecular formula is C27H41BN4O4. The quantitative estimate of drug-likeness (QED) is 0.578. The number of nitrogens with one attached hydrogen (secondary N) is 2. The van der Waals surface area contributed by atoms with Gasteiger partial charge in [0.1, 0.15) is 5.60 Å². The van der Waals surface area contributed by atoms with Gasteiger partial charge in [-0.15, -0.1) is 0 Å². The van der Waals surface area contributed by atoms with Crippen LogP contribution in [-0.4, -0.2) is 52.1 Å². The fraction of sp³-hybridized carbons (Fsp3) is 0.667. The van der Waals surface area contributed by atoms with Crippen molar-refractivity contribution in [3.8, 4) is 0 Å². The first-order valence-corrected chi connectivity index (χ1v) is 13.2. The molecule has 1 aliphatic carbocycles. The van der Waals surface area contributed by atoms with Crippen LogP contribution in [0, 0.1) is 0 Å². The van der Waals surface area contributed by atoms with Crippen LogP contribution in [0.2, 0.25) is 0 Å². The molecule has 0 atom stereocenters. The van der Waals surface area contributed by atoms with Crippen LogP contribution in [0.3, 0.4) is 0 Å². The lowest BCUT2D eigenvalue weighted by Crippen LogP contribution is -2.42. The highest BCUT2D eigenvalue weighted by Crippen LogP contribution is 2.37. The molecule has 1 amide bonds. The summed E-state index contributed by atoms with van der Waals surface area (Å²) in [6.07, 6.45) is 6.04. The maximum absolute atomic E-state index is 12.1. The van der Waals surface area contributed by atoms with Gasteiger partial charge in [-0.05, 0) is 91.6 Å². The number of hydrogen-bond acceptors (Lipinski definition) is 7. The monoisotopic (exact) mass is 496 g/mol. The summed E-state index contributed by atoms with van der Waals surface area (Å²) in [6, 6.07) is 4.63. The Kier molecular flexibility index (Phi) is 7.28. The summed E-state index contributed by atoms with van der Waals surface area (Å²) in [4.78, 5) is 21.6. The Bertz CT molecular complexity index is 1090. The van der Waals surface area contributed by atoms with Crippen molar-refractivity contribution < 1.29 is 18.8 Å². The van der Waals surface area contributed by atoms with Crippen molar-refractivity contribution >= 4 is 35.5 Å². The summed E-state index contributed by atoms with van der Waals surface area (Å²) in [5, 5.41) is 7.49. The maximum atomic E-state index is 12.1. The van der Waals surface area contributed by atoms with Gasteiger partial charge in [-0.1, -0.05) is 19.1 Å². The molecule has 1 saturated carbocycles. The molecule has 2 aliphatic rings. The van der Waals surface area contributed by atoms with E-state index in [2.05, 4.69) is 62.4 Å². The number of carbonyl (C=O) groups is 1. The van der Waals surface area contributed by atoms with Crippen LogP contribution in [0.25, 0.3) is 10.9 Å². The van der Waals surface area contributed by atoms with Crippen LogP contribution in [0.5, 0.6) is 0 Å². The summed E-state index contributed by atoms with van der Waals surface area (Å²) < 4.78 is 17.9. The zero-order valence-electron chi connectivity index (χ0n) is 23.0. The molecule has 0 bridgehead atoms. The molecule has 2 aromatic rings. The number of amides is 1. The molecule has 2 fully saturated rings. The van der Waals surface area contributed by atoms with E-state index < -0.39 is 12.7 Å². The van der Waals surface area contributed by atoms with Crippen LogP contribution >= 0.6 is 0 Å². The molecule has 196 valence electrons. The lowest BCUT2D eigenvalue weighted by atomic mass is 9.77. The smallest absolute Gasteiger partial charge is 0.444 e. The van der Waals surface area contributed by atoms with Gasteiger partial charge in [0.25, 0.3) is 0 Å². The highest BCUT2D eigenvalue weighted by Gasteiger charge is 2.51. The maximum Gasteiger partial charge on any atom is 0.494 e. The lowest BCUT2D eigenvalue weighted by Gasteiger charge is -2.32. The summed E-state index contributed by atoms with van der Waals surface area (Å²) in [7, 11) is -0.410. The molecule has 1 saturated heterocycles. The van der Waals surface area contributed by atoms with Crippen LogP contribution in [-0.2, 0) is 20.5 Å². The van der Waals surface area contributed by atoms with E-state index in [0.717, 1.165) is 54.0 Å². The third-order valence-electron chi connectivity index (χ3n) is 7.47. The average molecular weight is 496 g/mol. The van der Waals surface area contributed by atoms with Gasteiger partial charge in [0.15, 0.2) is 0 Å². The second-order valence-electron chi connectivity index (χ2n) is 12.1. The fourth-order valence-electron chi connectivity index (χ4n) is 4.74. The van der Waals surface area contributed by atoms with E-state index in [-0.39, 0.29) is 29.4 Å². The summed E-state index contributed by atoms with van der Waals surface area (Å²) in [6.45, 7) is 16.0. The van der Waals surface area contributed by atoms with Crippen molar-refractivity contribution in [3.63, 3.8) is 0 Å². The molecule has 1 aromatic carbocycles. The molecule has 9 heteroatoms. The number of aromatic nitrogens is 2. The van der Waals surface area contributed by atoms with E-state index in [1.54, 1.807) is 0 Å². The van der Waals surface area contributed by atoms with Crippen molar-refractivity contribution in [3.05, 3.63) is 23.9 Å². The normalized spacial score (nSPS) is 23.5. The Balaban J connectivity index is 1.41.